The largest absolute Gasteiger partial charge is 0.394 e. The van der Waals surface area contributed by atoms with Crippen LogP contribution in [0.1, 0.15) is 113 Å². The molecule has 4 aliphatic carbocycles. The van der Waals surface area contributed by atoms with Gasteiger partial charge in [0.1, 0.15) is 24.4 Å². The molecule has 0 amide bonds. The number of rotatable bonds is 8. The molecule has 1 aliphatic heterocycles. The van der Waals surface area contributed by atoms with Crippen molar-refractivity contribution in [3.8, 4) is 0 Å². The molecule has 5 aliphatic rings. The number of aliphatic hydroxyl groups excluding tert-OH is 5. The summed E-state index contributed by atoms with van der Waals surface area (Å²) < 4.78 is 11.8. The third kappa shape index (κ3) is 5.65. The molecule has 0 aromatic carbocycles. The Morgan fingerprint density at radius 2 is 1.52 bits per heavy atom. The molecule has 5 rings (SSSR count). The van der Waals surface area contributed by atoms with Crippen LogP contribution in [-0.4, -0.2) is 86.3 Å². The second-order valence-electron chi connectivity index (χ2n) is 17.3. The third-order valence-corrected chi connectivity index (χ3v) is 14.3. The van der Waals surface area contributed by atoms with Gasteiger partial charge in [0.2, 0.25) is 0 Å². The molecule has 5 fully saturated rings. The average Bonchev–Trinajstić information content (AvgIpc) is 3.30. The van der Waals surface area contributed by atoms with Crippen LogP contribution in [0.3, 0.4) is 0 Å². The minimum Gasteiger partial charge on any atom is -0.394 e. The van der Waals surface area contributed by atoms with Gasteiger partial charge in [-0.05, 0) is 129 Å². The zero-order valence-corrected chi connectivity index (χ0v) is 28.3. The van der Waals surface area contributed by atoms with Crippen molar-refractivity contribution in [1.82, 2.24) is 0 Å². The lowest BCUT2D eigenvalue weighted by molar-refractivity contribution is -0.299. The minimum absolute atomic E-state index is 0.0670. The SMILES string of the molecule is CC(C)(O)CC/C=C(/CO[C@@H]1O[C@H](CO)[C@@H](O)[C@H](O)[C@H]1O)[C@@H]1CC[C@]2(C)[C@@H]1CC[C@@H]1[C@@]3(C)CC[C@H](O)C(C)(C)[C@@H]3CC[C@]12C. The molecular formula is C36H62O8. The first-order valence-electron chi connectivity index (χ1n) is 17.4. The Labute approximate surface area is 265 Å². The molecule has 6 N–H and O–H groups in total. The van der Waals surface area contributed by atoms with Crippen LogP contribution in [0.2, 0.25) is 0 Å². The fraction of sp³-hybridized carbons (Fsp3) is 0.944. The first-order valence-corrected chi connectivity index (χ1v) is 17.4. The molecule has 0 unspecified atom stereocenters. The van der Waals surface area contributed by atoms with E-state index < -0.39 is 42.9 Å². The second kappa shape index (κ2) is 12.1. The Balaban J connectivity index is 1.39. The predicted molar refractivity (Wildman–Crippen MR) is 168 cm³/mol. The molecule has 0 aromatic heterocycles. The van der Waals surface area contributed by atoms with Crippen molar-refractivity contribution in [2.24, 2.45) is 45.3 Å². The van der Waals surface area contributed by atoms with Crippen molar-refractivity contribution in [2.75, 3.05) is 13.2 Å². The average molecular weight is 623 g/mol. The van der Waals surface area contributed by atoms with Gasteiger partial charge < -0.3 is 40.1 Å². The van der Waals surface area contributed by atoms with Crippen LogP contribution < -0.4 is 0 Å². The number of hydrogen-bond donors (Lipinski definition) is 6. The molecule has 8 heteroatoms. The van der Waals surface area contributed by atoms with Gasteiger partial charge in [-0.2, -0.15) is 0 Å². The molecule has 0 aromatic rings. The lowest BCUT2D eigenvalue weighted by Gasteiger charge is -2.69. The molecule has 44 heavy (non-hydrogen) atoms. The number of hydrogen-bond acceptors (Lipinski definition) is 8. The van der Waals surface area contributed by atoms with E-state index in [9.17, 15) is 30.6 Å². The summed E-state index contributed by atoms with van der Waals surface area (Å²) in [6, 6.07) is 0. The molecule has 0 spiro atoms. The Morgan fingerprint density at radius 1 is 0.841 bits per heavy atom. The van der Waals surface area contributed by atoms with E-state index in [1.165, 1.54) is 12.8 Å². The molecule has 254 valence electrons. The Bertz CT molecular complexity index is 1050. The standard InChI is InChI=1S/C36H62O8/c1-32(2,42)15-8-9-21(20-43-31-30(41)29(40)28(39)24(19-37)44-31)22-12-17-35(6)23(22)10-11-26-34(5)16-14-27(38)33(3,4)25(34)13-18-36(26,35)7/h9,22-31,37-42H,8,10-20H2,1-7H3/b21-9-/t22-,23+,24+,25-,26+,27-,28+,29-,30+,31+,34-,35+,36+/m0/s1. The number of fused-ring (bicyclic) bond motifs is 5. The van der Waals surface area contributed by atoms with Gasteiger partial charge in [0.15, 0.2) is 6.29 Å². The van der Waals surface area contributed by atoms with Crippen LogP contribution in [0.4, 0.5) is 0 Å². The fourth-order valence-electron chi connectivity index (χ4n) is 11.5. The van der Waals surface area contributed by atoms with Gasteiger partial charge >= 0.3 is 0 Å². The van der Waals surface area contributed by atoms with Crippen molar-refractivity contribution in [1.29, 1.82) is 0 Å². The molecule has 0 bridgehead atoms. The molecule has 1 saturated heterocycles. The van der Waals surface area contributed by atoms with E-state index in [4.69, 9.17) is 9.47 Å². The van der Waals surface area contributed by atoms with Crippen molar-refractivity contribution >= 4 is 0 Å². The summed E-state index contributed by atoms with van der Waals surface area (Å²) >= 11 is 0. The van der Waals surface area contributed by atoms with Gasteiger partial charge in [-0.1, -0.05) is 40.7 Å². The predicted octanol–water partition coefficient (Wildman–Crippen LogP) is 4.33. The van der Waals surface area contributed by atoms with Crippen LogP contribution in [0.15, 0.2) is 11.6 Å². The summed E-state index contributed by atoms with van der Waals surface area (Å²) in [4.78, 5) is 0. The molecule has 0 radical (unpaired) electrons. The second-order valence-corrected chi connectivity index (χ2v) is 17.3. The molecule has 4 saturated carbocycles. The van der Waals surface area contributed by atoms with Gasteiger partial charge in [-0.3, -0.25) is 0 Å². The summed E-state index contributed by atoms with van der Waals surface area (Å²) in [6.45, 7) is 15.6. The van der Waals surface area contributed by atoms with Gasteiger partial charge in [0.05, 0.1) is 24.9 Å². The third-order valence-electron chi connectivity index (χ3n) is 14.3. The molecule has 13 atom stereocenters. The van der Waals surface area contributed by atoms with Crippen molar-refractivity contribution < 1.29 is 40.1 Å². The van der Waals surface area contributed by atoms with Gasteiger partial charge in [0.25, 0.3) is 0 Å². The Hall–Kier alpha value is -0.580. The van der Waals surface area contributed by atoms with Gasteiger partial charge in [-0.15, -0.1) is 0 Å². The minimum atomic E-state index is -1.47. The maximum atomic E-state index is 11.0. The maximum absolute atomic E-state index is 11.0. The van der Waals surface area contributed by atoms with Crippen LogP contribution >= 0.6 is 0 Å². The number of ether oxygens (including phenoxy) is 2. The Kier molecular flexibility index (Phi) is 9.59. The topological polar surface area (TPSA) is 140 Å². The quantitative estimate of drug-likeness (QED) is 0.220. The van der Waals surface area contributed by atoms with Crippen LogP contribution in [0.5, 0.6) is 0 Å². The van der Waals surface area contributed by atoms with Crippen molar-refractivity contribution in [3.05, 3.63) is 11.6 Å². The van der Waals surface area contributed by atoms with E-state index in [0.29, 0.717) is 36.5 Å². The fourth-order valence-corrected chi connectivity index (χ4v) is 11.5. The normalized spacial score (nSPS) is 49.2. The molecular weight excluding hydrogens is 560 g/mol. The van der Waals surface area contributed by atoms with E-state index in [2.05, 4.69) is 40.7 Å². The number of allylic oxidation sites excluding steroid dienone is 1. The van der Waals surface area contributed by atoms with E-state index in [1.54, 1.807) is 0 Å². The zero-order chi connectivity index (χ0) is 32.5. The van der Waals surface area contributed by atoms with Gasteiger partial charge in [0, 0.05) is 0 Å². The van der Waals surface area contributed by atoms with Gasteiger partial charge in [-0.25, -0.2) is 0 Å². The smallest absolute Gasteiger partial charge is 0.187 e. The first kappa shape index (κ1) is 34.7. The lowest BCUT2D eigenvalue weighted by Crippen LogP contribution is -2.63. The van der Waals surface area contributed by atoms with E-state index >= 15 is 0 Å². The summed E-state index contributed by atoms with van der Waals surface area (Å²) in [5.74, 6) is 1.93. The van der Waals surface area contributed by atoms with Crippen LogP contribution in [0, 0.1) is 45.3 Å². The summed E-state index contributed by atoms with van der Waals surface area (Å²) in [5, 5.41) is 62.3. The highest BCUT2D eigenvalue weighted by atomic mass is 16.7. The van der Waals surface area contributed by atoms with E-state index in [-0.39, 0.29) is 34.4 Å². The highest BCUT2D eigenvalue weighted by molar-refractivity contribution is 5.22. The lowest BCUT2D eigenvalue weighted by atomic mass is 9.35. The zero-order valence-electron chi connectivity index (χ0n) is 28.3. The maximum Gasteiger partial charge on any atom is 0.187 e. The highest BCUT2D eigenvalue weighted by Gasteiger charge is 2.68. The van der Waals surface area contributed by atoms with E-state index in [1.807, 2.05) is 13.8 Å². The summed E-state index contributed by atoms with van der Waals surface area (Å²) in [6.07, 6.45) is 5.70. The first-order chi connectivity index (χ1) is 20.4. The summed E-state index contributed by atoms with van der Waals surface area (Å²) in [5.41, 5.74) is 0.883. The summed E-state index contributed by atoms with van der Waals surface area (Å²) in [7, 11) is 0. The van der Waals surface area contributed by atoms with Crippen LogP contribution in [-0.2, 0) is 9.47 Å². The van der Waals surface area contributed by atoms with Crippen LogP contribution in [0.25, 0.3) is 0 Å². The highest BCUT2D eigenvalue weighted by Crippen LogP contribution is 2.75. The number of aliphatic hydroxyl groups is 6. The van der Waals surface area contributed by atoms with Crippen molar-refractivity contribution in [3.63, 3.8) is 0 Å². The molecule has 1 heterocycles. The Morgan fingerprint density at radius 3 is 2.18 bits per heavy atom. The monoisotopic (exact) mass is 622 g/mol. The van der Waals surface area contributed by atoms with E-state index in [0.717, 1.165) is 44.1 Å². The molecule has 8 nitrogen and oxygen atoms in total. The van der Waals surface area contributed by atoms with Crippen molar-refractivity contribution in [2.45, 2.75) is 155 Å².